The first-order chi connectivity index (χ1) is 3.77. The van der Waals surface area contributed by atoms with E-state index < -0.39 is 0 Å². The molecular formula is C6H14N2. The highest BCUT2D eigenvalue weighted by atomic mass is 14.9. The highest BCUT2D eigenvalue weighted by Gasteiger charge is 1.87. The van der Waals surface area contributed by atoms with Crippen molar-refractivity contribution in [3.63, 3.8) is 0 Å². The van der Waals surface area contributed by atoms with E-state index in [-0.39, 0.29) is 1.43 Å². The Morgan fingerprint density at radius 3 is 2.75 bits per heavy atom. The van der Waals surface area contributed by atoms with Crippen molar-refractivity contribution in [1.29, 1.82) is 5.26 Å². The molecule has 0 aromatic heterocycles. The Kier molecular flexibility index (Phi) is 4.29. The van der Waals surface area contributed by atoms with E-state index in [0.29, 0.717) is 12.5 Å². The van der Waals surface area contributed by atoms with E-state index in [9.17, 15) is 0 Å². The van der Waals surface area contributed by atoms with Gasteiger partial charge in [-0.05, 0) is 0 Å². The average molecular weight is 114 g/mol. The molecule has 0 aliphatic heterocycles. The van der Waals surface area contributed by atoms with Gasteiger partial charge in [-0.1, -0.05) is 13.8 Å². The Morgan fingerprint density at radius 2 is 2.38 bits per heavy atom. The van der Waals surface area contributed by atoms with Gasteiger partial charge in [-0.3, -0.25) is 0 Å². The maximum atomic E-state index is 8.09. The zero-order valence-corrected chi connectivity index (χ0v) is 5.44. The molecule has 0 aromatic rings. The molecule has 0 radical (unpaired) electrons. The van der Waals surface area contributed by atoms with Crippen LogP contribution in [0.1, 0.15) is 21.7 Å². The molecule has 2 heteroatoms. The van der Waals surface area contributed by atoms with Crippen LogP contribution < -0.4 is 5.32 Å². The molecular weight excluding hydrogens is 100 g/mol. The summed E-state index contributed by atoms with van der Waals surface area (Å²) in [5.74, 6) is 0. The summed E-state index contributed by atoms with van der Waals surface area (Å²) >= 11 is 0. The smallest absolute Gasteiger partial charge is 0.0635 e. The summed E-state index contributed by atoms with van der Waals surface area (Å²) in [5, 5.41) is 11.2. The summed E-state index contributed by atoms with van der Waals surface area (Å²) < 4.78 is 0. The topological polar surface area (TPSA) is 35.8 Å². The Bertz CT molecular complexity index is 85.5. The van der Waals surface area contributed by atoms with Crippen LogP contribution in [0.3, 0.4) is 0 Å². The molecule has 1 N–H and O–H groups in total. The molecule has 0 heterocycles. The quantitative estimate of drug-likeness (QED) is 0.558. The minimum atomic E-state index is 0. The van der Waals surface area contributed by atoms with Gasteiger partial charge in [-0.2, -0.15) is 5.26 Å². The van der Waals surface area contributed by atoms with Crippen molar-refractivity contribution in [2.45, 2.75) is 26.3 Å². The summed E-state index contributed by atoms with van der Waals surface area (Å²) in [6, 6.07) is 2.56. The fourth-order valence-electron chi connectivity index (χ4n) is 0.417. The minimum absolute atomic E-state index is 0. The molecule has 0 atom stereocenters. The van der Waals surface area contributed by atoms with E-state index in [4.69, 9.17) is 5.26 Å². The SMILES string of the molecule is CC(C)NCCC#N.[HH]. The highest BCUT2D eigenvalue weighted by Crippen LogP contribution is 1.76. The maximum absolute atomic E-state index is 8.09. The van der Waals surface area contributed by atoms with E-state index in [1.807, 2.05) is 0 Å². The van der Waals surface area contributed by atoms with E-state index in [0.717, 1.165) is 6.54 Å². The van der Waals surface area contributed by atoms with Crippen LogP contribution in [0.2, 0.25) is 0 Å². The second-order valence-electron chi connectivity index (χ2n) is 2.02. The first-order valence-corrected chi connectivity index (χ1v) is 2.87. The Labute approximate surface area is 52.0 Å². The van der Waals surface area contributed by atoms with E-state index in [1.54, 1.807) is 0 Å². The van der Waals surface area contributed by atoms with Crippen molar-refractivity contribution in [2.24, 2.45) is 0 Å². The predicted octanol–water partition coefficient (Wildman–Crippen LogP) is 1.14. The van der Waals surface area contributed by atoms with Crippen molar-refractivity contribution < 1.29 is 1.43 Å². The number of nitrogens with zero attached hydrogens (tertiary/aromatic N) is 1. The van der Waals surface area contributed by atoms with Gasteiger partial charge in [0.05, 0.1) is 6.07 Å². The van der Waals surface area contributed by atoms with E-state index in [2.05, 4.69) is 25.2 Å². The molecule has 0 fully saturated rings. The minimum Gasteiger partial charge on any atom is -0.314 e. The summed E-state index contributed by atoms with van der Waals surface area (Å²) in [6.45, 7) is 4.95. The molecule has 0 aliphatic rings. The van der Waals surface area contributed by atoms with Gasteiger partial charge < -0.3 is 5.32 Å². The summed E-state index contributed by atoms with van der Waals surface area (Å²) in [7, 11) is 0. The average Bonchev–Trinajstić information content (AvgIpc) is 1.66. The molecule has 48 valence electrons. The molecule has 8 heavy (non-hydrogen) atoms. The summed E-state index contributed by atoms with van der Waals surface area (Å²) in [6.07, 6.45) is 0.609. The van der Waals surface area contributed by atoms with Crippen molar-refractivity contribution in [3.8, 4) is 6.07 Å². The van der Waals surface area contributed by atoms with Gasteiger partial charge in [0.2, 0.25) is 0 Å². The molecule has 0 saturated carbocycles. The van der Waals surface area contributed by atoms with Crippen LogP contribution in [0.25, 0.3) is 0 Å². The van der Waals surface area contributed by atoms with Gasteiger partial charge in [-0.15, -0.1) is 0 Å². The molecule has 2 nitrogen and oxygen atoms in total. The zero-order chi connectivity index (χ0) is 6.41. The first kappa shape index (κ1) is 7.45. The zero-order valence-electron chi connectivity index (χ0n) is 5.44. The molecule has 0 saturated heterocycles. The molecule has 0 amide bonds. The number of rotatable bonds is 3. The van der Waals surface area contributed by atoms with Crippen molar-refractivity contribution in [1.82, 2.24) is 5.32 Å². The third kappa shape index (κ3) is 5.45. The lowest BCUT2D eigenvalue weighted by molar-refractivity contribution is 0.597. The van der Waals surface area contributed by atoms with Crippen LogP contribution in [0.4, 0.5) is 0 Å². The second-order valence-corrected chi connectivity index (χ2v) is 2.02. The van der Waals surface area contributed by atoms with Crippen LogP contribution in [-0.4, -0.2) is 12.6 Å². The lowest BCUT2D eigenvalue weighted by Gasteiger charge is -2.02. The third-order valence-electron chi connectivity index (χ3n) is 0.789. The fraction of sp³-hybridized carbons (Fsp3) is 0.833. The molecule has 0 aromatic carbocycles. The van der Waals surface area contributed by atoms with Crippen LogP contribution in [0, 0.1) is 11.3 Å². The Morgan fingerprint density at radius 1 is 1.75 bits per heavy atom. The van der Waals surface area contributed by atoms with Gasteiger partial charge in [0.15, 0.2) is 0 Å². The van der Waals surface area contributed by atoms with Crippen molar-refractivity contribution in [2.75, 3.05) is 6.54 Å². The lowest BCUT2D eigenvalue weighted by Crippen LogP contribution is -2.23. The summed E-state index contributed by atoms with van der Waals surface area (Å²) in [4.78, 5) is 0. The predicted molar refractivity (Wildman–Crippen MR) is 35.5 cm³/mol. The van der Waals surface area contributed by atoms with E-state index in [1.165, 1.54) is 0 Å². The van der Waals surface area contributed by atoms with Gasteiger partial charge in [-0.25, -0.2) is 0 Å². The standard InChI is InChI=1S/C6H12N2.H2/c1-6(2)8-5-3-4-7;/h6,8H,3,5H2,1-2H3;1H. The first-order valence-electron chi connectivity index (χ1n) is 2.87. The monoisotopic (exact) mass is 114 g/mol. The summed E-state index contributed by atoms with van der Waals surface area (Å²) in [5.41, 5.74) is 0. The second kappa shape index (κ2) is 4.61. The van der Waals surface area contributed by atoms with Gasteiger partial charge in [0, 0.05) is 20.4 Å². The Hall–Kier alpha value is -0.550. The largest absolute Gasteiger partial charge is 0.314 e. The van der Waals surface area contributed by atoms with Gasteiger partial charge >= 0.3 is 0 Å². The molecule has 0 aliphatic carbocycles. The molecule has 0 unspecified atom stereocenters. The maximum Gasteiger partial charge on any atom is 0.0635 e. The number of nitrogens with one attached hydrogen (secondary N) is 1. The van der Waals surface area contributed by atoms with Crippen LogP contribution in [-0.2, 0) is 0 Å². The number of hydrogen-bond acceptors (Lipinski definition) is 2. The number of nitriles is 1. The molecule has 0 rings (SSSR count). The van der Waals surface area contributed by atoms with Crippen molar-refractivity contribution in [3.05, 3.63) is 0 Å². The normalized spacial score (nSPS) is 9.25. The fourth-order valence-corrected chi connectivity index (χ4v) is 0.417. The van der Waals surface area contributed by atoms with E-state index >= 15 is 0 Å². The third-order valence-corrected chi connectivity index (χ3v) is 0.789. The van der Waals surface area contributed by atoms with Crippen LogP contribution >= 0.6 is 0 Å². The number of hydrogen-bond donors (Lipinski definition) is 1. The molecule has 0 bridgehead atoms. The Balaban J connectivity index is 0. The molecule has 0 spiro atoms. The van der Waals surface area contributed by atoms with Crippen LogP contribution in [0.5, 0.6) is 0 Å². The lowest BCUT2D eigenvalue weighted by atomic mass is 10.4. The van der Waals surface area contributed by atoms with Gasteiger partial charge in [0.1, 0.15) is 0 Å². The van der Waals surface area contributed by atoms with Crippen molar-refractivity contribution >= 4 is 0 Å². The highest BCUT2D eigenvalue weighted by molar-refractivity contribution is 4.70. The van der Waals surface area contributed by atoms with Crippen LogP contribution in [0.15, 0.2) is 0 Å². The van der Waals surface area contributed by atoms with Gasteiger partial charge in [0.25, 0.3) is 0 Å².